The van der Waals surface area contributed by atoms with Crippen molar-refractivity contribution in [1.82, 2.24) is 0 Å². The third-order valence-corrected chi connectivity index (χ3v) is 1.94. The molecule has 0 saturated carbocycles. The van der Waals surface area contributed by atoms with Gasteiger partial charge in [-0.2, -0.15) is 8.42 Å². The van der Waals surface area contributed by atoms with E-state index in [1.54, 1.807) is 0 Å². The first-order valence-electron chi connectivity index (χ1n) is 2.32. The molecular weight excluding hydrogens is 147 g/mol. The Bertz CT molecular complexity index is 228. The Kier molecular flexibility index (Phi) is 1.54. The molecule has 52 valence electrons. The van der Waals surface area contributed by atoms with Crippen molar-refractivity contribution in [3.05, 3.63) is 11.9 Å². The Labute approximate surface area is 52.3 Å². The van der Waals surface area contributed by atoms with Crippen molar-refractivity contribution in [2.24, 2.45) is 0 Å². The van der Waals surface area contributed by atoms with Gasteiger partial charge in [0, 0.05) is 0 Å². The molecule has 0 amide bonds. The van der Waals surface area contributed by atoms with E-state index < -0.39 is 22.6 Å². The van der Waals surface area contributed by atoms with E-state index in [-0.39, 0.29) is 5.75 Å². The van der Waals surface area contributed by atoms with E-state index in [0.29, 0.717) is 0 Å². The SMILES string of the molecule is O=S1(=O)CC=C(F)CO1. The second kappa shape index (κ2) is 2.07. The summed E-state index contributed by atoms with van der Waals surface area (Å²) in [5, 5.41) is 0. The van der Waals surface area contributed by atoms with Crippen LogP contribution in [0, 0.1) is 0 Å². The van der Waals surface area contributed by atoms with E-state index in [4.69, 9.17) is 0 Å². The van der Waals surface area contributed by atoms with Crippen LogP contribution in [0.5, 0.6) is 0 Å². The first-order chi connectivity index (χ1) is 4.10. The maximum atomic E-state index is 12.0. The maximum Gasteiger partial charge on any atom is 0.271 e. The van der Waals surface area contributed by atoms with Crippen molar-refractivity contribution in [3.8, 4) is 0 Å². The lowest BCUT2D eigenvalue weighted by Crippen LogP contribution is -2.15. The lowest BCUT2D eigenvalue weighted by atomic mass is 10.5. The Morgan fingerprint density at radius 3 is 2.67 bits per heavy atom. The zero-order valence-corrected chi connectivity index (χ0v) is 5.32. The highest BCUT2D eigenvalue weighted by Crippen LogP contribution is 2.08. The third kappa shape index (κ3) is 1.76. The fourth-order valence-corrected chi connectivity index (χ4v) is 1.22. The van der Waals surface area contributed by atoms with Crippen LogP contribution in [0.4, 0.5) is 4.39 Å². The normalized spacial score (nSPS) is 25.2. The molecule has 0 aromatic carbocycles. The van der Waals surface area contributed by atoms with Gasteiger partial charge in [0.1, 0.15) is 12.4 Å². The fraction of sp³-hybridized carbons (Fsp3) is 0.500. The van der Waals surface area contributed by atoms with Crippen LogP contribution in [0.1, 0.15) is 0 Å². The zero-order valence-electron chi connectivity index (χ0n) is 4.50. The molecule has 0 unspecified atom stereocenters. The van der Waals surface area contributed by atoms with Gasteiger partial charge in [0.05, 0.1) is 5.75 Å². The number of hydrogen-bond donors (Lipinski definition) is 0. The van der Waals surface area contributed by atoms with Crippen molar-refractivity contribution in [3.63, 3.8) is 0 Å². The topological polar surface area (TPSA) is 43.4 Å². The number of hydrogen-bond acceptors (Lipinski definition) is 3. The van der Waals surface area contributed by atoms with E-state index in [1.807, 2.05) is 0 Å². The average Bonchev–Trinajstić information content (AvgIpc) is 1.78. The monoisotopic (exact) mass is 152 g/mol. The van der Waals surface area contributed by atoms with Gasteiger partial charge < -0.3 is 0 Å². The van der Waals surface area contributed by atoms with E-state index >= 15 is 0 Å². The van der Waals surface area contributed by atoms with E-state index in [9.17, 15) is 12.8 Å². The molecule has 0 aliphatic carbocycles. The zero-order chi connectivity index (χ0) is 6.91. The predicted molar refractivity (Wildman–Crippen MR) is 28.9 cm³/mol. The molecule has 3 nitrogen and oxygen atoms in total. The van der Waals surface area contributed by atoms with Crippen LogP contribution in [0.3, 0.4) is 0 Å². The summed E-state index contributed by atoms with van der Waals surface area (Å²) in [7, 11) is -3.43. The molecule has 5 heteroatoms. The van der Waals surface area contributed by atoms with Crippen LogP contribution < -0.4 is 0 Å². The summed E-state index contributed by atoms with van der Waals surface area (Å²) in [6.07, 6.45) is 0.999. The largest absolute Gasteiger partial charge is 0.271 e. The van der Waals surface area contributed by atoms with Crippen molar-refractivity contribution in [2.45, 2.75) is 0 Å². The Morgan fingerprint density at radius 1 is 1.67 bits per heavy atom. The van der Waals surface area contributed by atoms with Gasteiger partial charge in [-0.05, 0) is 6.08 Å². The van der Waals surface area contributed by atoms with Crippen LogP contribution in [-0.2, 0) is 14.3 Å². The van der Waals surface area contributed by atoms with Gasteiger partial charge in [-0.15, -0.1) is 0 Å². The molecule has 0 fully saturated rings. The highest BCUT2D eigenvalue weighted by Gasteiger charge is 2.15. The van der Waals surface area contributed by atoms with Gasteiger partial charge >= 0.3 is 0 Å². The molecule has 0 aromatic rings. The minimum atomic E-state index is -3.43. The number of rotatable bonds is 0. The van der Waals surface area contributed by atoms with Gasteiger partial charge in [-0.25, -0.2) is 4.39 Å². The van der Waals surface area contributed by atoms with Gasteiger partial charge in [0.2, 0.25) is 0 Å². The highest BCUT2D eigenvalue weighted by molar-refractivity contribution is 7.86. The van der Waals surface area contributed by atoms with E-state index in [0.717, 1.165) is 6.08 Å². The molecule has 9 heavy (non-hydrogen) atoms. The average molecular weight is 152 g/mol. The highest BCUT2D eigenvalue weighted by atomic mass is 32.2. The van der Waals surface area contributed by atoms with Crippen LogP contribution in [-0.4, -0.2) is 20.8 Å². The first kappa shape index (κ1) is 6.70. The molecule has 0 aromatic heterocycles. The molecule has 0 spiro atoms. The molecule has 0 bridgehead atoms. The van der Waals surface area contributed by atoms with Gasteiger partial charge in [-0.1, -0.05) is 0 Å². The van der Waals surface area contributed by atoms with E-state index in [1.165, 1.54) is 0 Å². The van der Waals surface area contributed by atoms with E-state index in [2.05, 4.69) is 4.18 Å². The summed E-state index contributed by atoms with van der Waals surface area (Å²) in [6.45, 7) is -0.442. The lowest BCUT2D eigenvalue weighted by molar-refractivity contribution is 0.312. The quantitative estimate of drug-likeness (QED) is 0.466. The molecular formula is C4H5FO3S. The Morgan fingerprint density at radius 2 is 2.33 bits per heavy atom. The molecule has 1 heterocycles. The summed E-state index contributed by atoms with van der Waals surface area (Å²) in [5.41, 5.74) is 0. The molecule has 0 saturated heterocycles. The molecule has 1 aliphatic heterocycles. The minimum absolute atomic E-state index is 0.348. The van der Waals surface area contributed by atoms with Crippen LogP contribution in [0.15, 0.2) is 11.9 Å². The van der Waals surface area contributed by atoms with Gasteiger partial charge in [0.15, 0.2) is 0 Å². The maximum absolute atomic E-state index is 12.0. The summed E-state index contributed by atoms with van der Waals surface area (Å²) in [4.78, 5) is 0. The molecule has 1 rings (SSSR count). The third-order valence-electron chi connectivity index (χ3n) is 0.885. The molecule has 0 radical (unpaired) electrons. The van der Waals surface area contributed by atoms with Crippen molar-refractivity contribution >= 4 is 10.1 Å². The molecule has 0 atom stereocenters. The summed E-state index contributed by atoms with van der Waals surface area (Å²) < 4.78 is 36.8. The van der Waals surface area contributed by atoms with Crippen molar-refractivity contribution in [1.29, 1.82) is 0 Å². The predicted octanol–water partition coefficient (Wildman–Crippen LogP) is 0.200. The van der Waals surface area contributed by atoms with Crippen molar-refractivity contribution in [2.75, 3.05) is 12.4 Å². The van der Waals surface area contributed by atoms with Crippen LogP contribution in [0.2, 0.25) is 0 Å². The smallest absolute Gasteiger partial charge is 0.263 e. The second-order valence-electron chi connectivity index (χ2n) is 1.64. The molecule has 1 aliphatic rings. The van der Waals surface area contributed by atoms with Gasteiger partial charge in [-0.3, -0.25) is 4.18 Å². The standard InChI is InChI=1S/C4H5FO3S/c5-4-1-2-9(6,7)8-3-4/h1H,2-3H2. The van der Waals surface area contributed by atoms with Gasteiger partial charge in [0.25, 0.3) is 10.1 Å². The lowest BCUT2D eigenvalue weighted by Gasteiger charge is -2.06. The van der Waals surface area contributed by atoms with Crippen LogP contribution >= 0.6 is 0 Å². The number of halogens is 1. The Balaban J connectivity index is 2.79. The summed E-state index contributed by atoms with van der Waals surface area (Å²) in [6, 6.07) is 0. The van der Waals surface area contributed by atoms with Crippen molar-refractivity contribution < 1.29 is 17.0 Å². The summed E-state index contributed by atoms with van der Waals surface area (Å²) in [5.74, 6) is -0.872. The molecule has 0 N–H and O–H groups in total. The first-order valence-corrected chi connectivity index (χ1v) is 3.89. The summed E-state index contributed by atoms with van der Waals surface area (Å²) >= 11 is 0. The Hall–Kier alpha value is -0.420. The van der Waals surface area contributed by atoms with Crippen LogP contribution in [0.25, 0.3) is 0 Å². The second-order valence-corrected chi connectivity index (χ2v) is 3.32. The minimum Gasteiger partial charge on any atom is -0.263 e. The fourth-order valence-electron chi connectivity index (χ4n) is 0.446.